The summed E-state index contributed by atoms with van der Waals surface area (Å²) in [6, 6.07) is 0.219. The molecule has 2 N–H and O–H groups in total. The second-order valence-electron chi connectivity index (χ2n) is 5.61. The van der Waals surface area contributed by atoms with Gasteiger partial charge in [0.05, 0.1) is 5.60 Å². The van der Waals surface area contributed by atoms with Crippen molar-refractivity contribution >= 4 is 0 Å². The number of rotatable bonds is 0. The van der Waals surface area contributed by atoms with Crippen molar-refractivity contribution in [3.05, 3.63) is 0 Å². The minimum atomic E-state index is -0.459. The highest BCUT2D eigenvalue weighted by atomic mass is 16.5. The fourth-order valence-corrected chi connectivity index (χ4v) is 4.12. The molecular formula is C10H17NO2. The van der Waals surface area contributed by atoms with Crippen LogP contribution in [-0.4, -0.2) is 32.6 Å². The van der Waals surface area contributed by atoms with E-state index >= 15 is 0 Å². The van der Waals surface area contributed by atoms with Gasteiger partial charge in [-0.1, -0.05) is 0 Å². The van der Waals surface area contributed by atoms with Crippen LogP contribution in [0.2, 0.25) is 0 Å². The minimum Gasteiger partial charge on any atom is -0.390 e. The lowest BCUT2D eigenvalue weighted by Gasteiger charge is -2.62. The van der Waals surface area contributed by atoms with Crippen LogP contribution >= 0.6 is 0 Å². The predicted molar refractivity (Wildman–Crippen MR) is 47.3 cm³/mol. The number of aliphatic hydroxyl groups is 1. The molecular weight excluding hydrogens is 166 g/mol. The third-order valence-electron chi connectivity index (χ3n) is 4.23. The van der Waals surface area contributed by atoms with Crippen LogP contribution in [0.1, 0.15) is 39.0 Å². The predicted octanol–water partition coefficient (Wildman–Crippen LogP) is 1.14. The Labute approximate surface area is 78.3 Å². The van der Waals surface area contributed by atoms with E-state index in [0.717, 1.165) is 32.1 Å². The average molecular weight is 183 g/mol. The molecule has 0 spiro atoms. The van der Waals surface area contributed by atoms with E-state index in [4.69, 9.17) is 0 Å². The third-order valence-corrected chi connectivity index (χ3v) is 4.23. The number of hydrogen-bond acceptors (Lipinski definition) is 3. The van der Waals surface area contributed by atoms with E-state index in [2.05, 4.69) is 6.92 Å². The molecule has 3 heteroatoms. The van der Waals surface area contributed by atoms with E-state index in [-0.39, 0.29) is 11.6 Å². The van der Waals surface area contributed by atoms with Crippen molar-refractivity contribution in [3.8, 4) is 0 Å². The van der Waals surface area contributed by atoms with E-state index in [1.54, 1.807) is 0 Å². The van der Waals surface area contributed by atoms with Crippen LogP contribution in [0.5, 0.6) is 0 Å². The van der Waals surface area contributed by atoms with Gasteiger partial charge in [-0.15, -0.1) is 0 Å². The van der Waals surface area contributed by atoms with Crippen LogP contribution in [0.25, 0.3) is 0 Å². The van der Waals surface area contributed by atoms with Gasteiger partial charge in [0.1, 0.15) is 0 Å². The molecule has 0 aromatic rings. The van der Waals surface area contributed by atoms with Crippen LogP contribution in [0, 0.1) is 5.92 Å². The second kappa shape index (κ2) is 2.10. The van der Waals surface area contributed by atoms with Gasteiger partial charge in [-0.3, -0.25) is 0 Å². The van der Waals surface area contributed by atoms with Gasteiger partial charge in [0.15, 0.2) is 0 Å². The van der Waals surface area contributed by atoms with Gasteiger partial charge >= 0.3 is 0 Å². The van der Waals surface area contributed by atoms with Gasteiger partial charge in [0.25, 0.3) is 0 Å². The van der Waals surface area contributed by atoms with Crippen LogP contribution in [0.3, 0.4) is 0 Å². The summed E-state index contributed by atoms with van der Waals surface area (Å²) in [5.41, 5.74) is -0.599. The molecule has 0 aromatic carbocycles. The maximum atomic E-state index is 10.2. The molecule has 2 heterocycles. The fraction of sp³-hybridized carbons (Fsp3) is 1.00. The van der Waals surface area contributed by atoms with Gasteiger partial charge in [-0.2, -0.15) is 5.06 Å². The van der Waals surface area contributed by atoms with Crippen molar-refractivity contribution in [2.24, 2.45) is 5.92 Å². The molecule has 2 saturated heterocycles. The van der Waals surface area contributed by atoms with Gasteiger partial charge in [0, 0.05) is 11.6 Å². The van der Waals surface area contributed by atoms with Crippen LogP contribution in [-0.2, 0) is 0 Å². The topological polar surface area (TPSA) is 43.7 Å². The van der Waals surface area contributed by atoms with E-state index in [1.807, 2.05) is 0 Å². The second-order valence-corrected chi connectivity index (χ2v) is 5.61. The summed E-state index contributed by atoms with van der Waals surface area (Å²) in [6.07, 6.45) is 4.63. The monoisotopic (exact) mass is 183 g/mol. The standard InChI is InChI=1S/C10H17NO2/c1-9-3-7-2-8(11(9)13)5-10(12,4-7)6-9/h7-8,12-13H,2-6H2,1H3. The quantitative estimate of drug-likeness (QED) is 0.592. The first-order valence-electron chi connectivity index (χ1n) is 5.21. The molecule has 2 aliphatic carbocycles. The Bertz CT molecular complexity index is 257. The Balaban J connectivity index is 2.01. The summed E-state index contributed by atoms with van der Waals surface area (Å²) >= 11 is 0. The first kappa shape index (κ1) is 8.21. The Morgan fingerprint density at radius 1 is 1.31 bits per heavy atom. The average Bonchev–Trinajstić information content (AvgIpc) is 1.96. The normalized spacial score (nSPS) is 60.2. The van der Waals surface area contributed by atoms with Crippen molar-refractivity contribution in [1.82, 2.24) is 5.06 Å². The lowest BCUT2D eigenvalue weighted by Crippen LogP contribution is -2.68. The zero-order valence-corrected chi connectivity index (χ0v) is 8.03. The first-order chi connectivity index (χ1) is 6.01. The number of hydrogen-bond donors (Lipinski definition) is 2. The van der Waals surface area contributed by atoms with Crippen LogP contribution in [0.15, 0.2) is 0 Å². The Hall–Kier alpha value is -0.120. The van der Waals surface area contributed by atoms with Crippen molar-refractivity contribution in [1.29, 1.82) is 0 Å². The van der Waals surface area contributed by atoms with Crippen molar-refractivity contribution in [2.75, 3.05) is 0 Å². The Morgan fingerprint density at radius 2 is 2.08 bits per heavy atom. The van der Waals surface area contributed by atoms with E-state index in [1.165, 1.54) is 5.06 Å². The van der Waals surface area contributed by atoms with Gasteiger partial charge in [-0.25, -0.2) is 0 Å². The summed E-state index contributed by atoms with van der Waals surface area (Å²) in [5, 5.41) is 21.7. The van der Waals surface area contributed by atoms with Gasteiger partial charge in [-0.05, 0) is 44.9 Å². The van der Waals surface area contributed by atoms with E-state index in [0.29, 0.717) is 5.92 Å². The third kappa shape index (κ3) is 0.953. The lowest BCUT2D eigenvalue weighted by atomic mass is 9.57. The Morgan fingerprint density at radius 3 is 2.69 bits per heavy atom. The SMILES string of the molecule is CC12CC3CC(CC(O)(C3)C1)N2O. The summed E-state index contributed by atoms with van der Waals surface area (Å²) in [4.78, 5) is 0. The molecule has 4 unspecified atom stereocenters. The maximum Gasteiger partial charge on any atom is 0.0684 e. The van der Waals surface area contributed by atoms with Crippen LogP contribution < -0.4 is 0 Å². The van der Waals surface area contributed by atoms with Gasteiger partial charge < -0.3 is 10.3 Å². The molecule has 0 radical (unpaired) electrons. The van der Waals surface area contributed by atoms with Crippen molar-refractivity contribution < 1.29 is 10.3 Å². The van der Waals surface area contributed by atoms with Crippen molar-refractivity contribution in [3.63, 3.8) is 0 Å². The Kier molecular flexibility index (Phi) is 1.33. The largest absolute Gasteiger partial charge is 0.390 e. The molecule has 4 bridgehead atoms. The molecule has 4 atom stereocenters. The highest BCUT2D eigenvalue weighted by Crippen LogP contribution is 2.55. The smallest absolute Gasteiger partial charge is 0.0684 e. The number of piperidine rings is 2. The van der Waals surface area contributed by atoms with Crippen LogP contribution in [0.4, 0.5) is 0 Å². The summed E-state index contributed by atoms with van der Waals surface area (Å²) in [6.45, 7) is 2.08. The molecule has 13 heavy (non-hydrogen) atoms. The summed E-state index contributed by atoms with van der Waals surface area (Å²) in [7, 11) is 0. The lowest BCUT2D eigenvalue weighted by molar-refractivity contribution is -0.300. The molecule has 74 valence electrons. The molecule has 4 aliphatic rings. The molecule has 2 aliphatic heterocycles. The minimum absolute atomic E-state index is 0.140. The molecule has 2 saturated carbocycles. The molecule has 0 amide bonds. The maximum absolute atomic E-state index is 10.2. The number of nitrogens with zero attached hydrogens (tertiary/aromatic N) is 1. The number of hydroxylamine groups is 2. The highest BCUT2D eigenvalue weighted by Gasteiger charge is 2.59. The zero-order valence-electron chi connectivity index (χ0n) is 8.03. The first-order valence-corrected chi connectivity index (χ1v) is 5.21. The van der Waals surface area contributed by atoms with E-state index in [9.17, 15) is 10.3 Å². The summed E-state index contributed by atoms with van der Waals surface area (Å²) in [5.74, 6) is 0.644. The van der Waals surface area contributed by atoms with Gasteiger partial charge in [0.2, 0.25) is 0 Å². The summed E-state index contributed by atoms with van der Waals surface area (Å²) < 4.78 is 0. The zero-order chi connectivity index (χ0) is 9.27. The molecule has 3 nitrogen and oxygen atoms in total. The molecule has 4 fully saturated rings. The van der Waals surface area contributed by atoms with E-state index < -0.39 is 5.60 Å². The molecule has 4 rings (SSSR count). The van der Waals surface area contributed by atoms with Crippen molar-refractivity contribution in [2.45, 2.75) is 56.2 Å². The molecule has 0 aromatic heterocycles. The fourth-order valence-electron chi connectivity index (χ4n) is 4.12. The highest BCUT2D eigenvalue weighted by molar-refractivity contribution is 5.11.